The van der Waals surface area contributed by atoms with Gasteiger partial charge in [-0.3, -0.25) is 9.59 Å². The summed E-state index contributed by atoms with van der Waals surface area (Å²) in [5.74, 6) is -1.43. The van der Waals surface area contributed by atoms with Crippen molar-refractivity contribution >= 4 is 17.5 Å². The number of alkyl halides is 3. The van der Waals surface area contributed by atoms with E-state index in [9.17, 15) is 22.8 Å². The SMILES string of the molecule is O=C(CCCOc1ccccc1)NCc1ccc(NC(=O)C(F)(F)F)cc1. The molecule has 0 atom stereocenters. The minimum absolute atomic E-state index is 0.0328. The second-order valence-electron chi connectivity index (χ2n) is 5.69. The van der Waals surface area contributed by atoms with Gasteiger partial charge in [-0.2, -0.15) is 13.2 Å². The number of para-hydroxylation sites is 1. The van der Waals surface area contributed by atoms with Crippen LogP contribution in [0, 0.1) is 0 Å². The van der Waals surface area contributed by atoms with Gasteiger partial charge in [-0.05, 0) is 36.2 Å². The summed E-state index contributed by atoms with van der Waals surface area (Å²) < 4.78 is 42.0. The van der Waals surface area contributed by atoms with Crippen LogP contribution in [0.25, 0.3) is 0 Å². The van der Waals surface area contributed by atoms with E-state index in [-0.39, 0.29) is 18.1 Å². The third kappa shape index (κ3) is 7.39. The van der Waals surface area contributed by atoms with Crippen LogP contribution in [0.3, 0.4) is 0 Å². The summed E-state index contributed by atoms with van der Waals surface area (Å²) in [6, 6.07) is 15.0. The Balaban J connectivity index is 1.66. The second-order valence-corrected chi connectivity index (χ2v) is 5.69. The molecular formula is C19H19F3N2O3. The van der Waals surface area contributed by atoms with Crippen molar-refractivity contribution in [3.63, 3.8) is 0 Å². The summed E-state index contributed by atoms with van der Waals surface area (Å²) in [4.78, 5) is 22.6. The van der Waals surface area contributed by atoms with E-state index in [0.717, 1.165) is 5.75 Å². The molecule has 0 bridgehead atoms. The molecule has 2 aromatic carbocycles. The monoisotopic (exact) mass is 380 g/mol. The number of benzene rings is 2. The zero-order valence-electron chi connectivity index (χ0n) is 14.4. The highest BCUT2D eigenvalue weighted by Gasteiger charge is 2.38. The Morgan fingerprint density at radius 3 is 2.26 bits per heavy atom. The highest BCUT2D eigenvalue weighted by molar-refractivity contribution is 5.94. The van der Waals surface area contributed by atoms with Crippen LogP contribution in [-0.4, -0.2) is 24.6 Å². The highest BCUT2D eigenvalue weighted by Crippen LogP contribution is 2.18. The molecule has 0 fully saturated rings. The molecule has 2 rings (SSSR count). The van der Waals surface area contributed by atoms with Gasteiger partial charge in [-0.25, -0.2) is 0 Å². The standard InChI is InChI=1S/C19H19F3N2O3/c20-19(21,22)18(26)24-15-10-8-14(9-11-15)13-23-17(25)7-4-12-27-16-5-2-1-3-6-16/h1-3,5-6,8-11H,4,7,12-13H2,(H,23,25)(H,24,26). The number of ether oxygens (including phenoxy) is 1. The molecule has 0 radical (unpaired) electrons. The van der Waals surface area contributed by atoms with Gasteiger partial charge in [-0.1, -0.05) is 30.3 Å². The minimum atomic E-state index is -4.93. The molecule has 5 nitrogen and oxygen atoms in total. The van der Waals surface area contributed by atoms with Gasteiger partial charge >= 0.3 is 12.1 Å². The molecule has 2 amide bonds. The van der Waals surface area contributed by atoms with Crippen LogP contribution in [0.2, 0.25) is 0 Å². The summed E-state index contributed by atoms with van der Waals surface area (Å²) in [5.41, 5.74) is 0.736. The van der Waals surface area contributed by atoms with Crippen molar-refractivity contribution in [1.29, 1.82) is 0 Å². The van der Waals surface area contributed by atoms with Crippen molar-refractivity contribution in [1.82, 2.24) is 5.32 Å². The summed E-state index contributed by atoms with van der Waals surface area (Å²) in [6.07, 6.45) is -4.08. The molecule has 144 valence electrons. The lowest BCUT2D eigenvalue weighted by molar-refractivity contribution is -0.167. The van der Waals surface area contributed by atoms with Gasteiger partial charge in [0.1, 0.15) is 5.75 Å². The lowest BCUT2D eigenvalue weighted by Crippen LogP contribution is -2.29. The zero-order valence-corrected chi connectivity index (χ0v) is 14.4. The van der Waals surface area contributed by atoms with Gasteiger partial charge in [-0.15, -0.1) is 0 Å². The van der Waals surface area contributed by atoms with E-state index in [1.807, 2.05) is 30.3 Å². The normalized spacial score (nSPS) is 10.9. The fourth-order valence-corrected chi connectivity index (χ4v) is 2.14. The number of hydrogen-bond acceptors (Lipinski definition) is 3. The van der Waals surface area contributed by atoms with Crippen molar-refractivity contribution in [2.45, 2.75) is 25.6 Å². The number of carbonyl (C=O) groups is 2. The van der Waals surface area contributed by atoms with E-state index in [1.54, 1.807) is 5.32 Å². The predicted octanol–water partition coefficient (Wildman–Crippen LogP) is 3.66. The quantitative estimate of drug-likeness (QED) is 0.687. The molecule has 0 aliphatic carbocycles. The van der Waals surface area contributed by atoms with Crippen LogP contribution in [0.15, 0.2) is 54.6 Å². The van der Waals surface area contributed by atoms with E-state index in [0.29, 0.717) is 25.0 Å². The number of rotatable bonds is 8. The second kappa shape index (κ2) is 9.61. The van der Waals surface area contributed by atoms with E-state index < -0.39 is 12.1 Å². The van der Waals surface area contributed by atoms with Crippen LogP contribution in [-0.2, 0) is 16.1 Å². The van der Waals surface area contributed by atoms with E-state index in [2.05, 4.69) is 5.32 Å². The van der Waals surface area contributed by atoms with Crippen molar-refractivity contribution in [2.75, 3.05) is 11.9 Å². The molecule has 2 N–H and O–H groups in total. The fourth-order valence-electron chi connectivity index (χ4n) is 2.14. The number of anilines is 1. The topological polar surface area (TPSA) is 67.4 Å². The number of carbonyl (C=O) groups excluding carboxylic acids is 2. The fraction of sp³-hybridized carbons (Fsp3) is 0.263. The maximum atomic E-state index is 12.2. The molecule has 0 saturated heterocycles. The number of halogens is 3. The first-order chi connectivity index (χ1) is 12.8. The predicted molar refractivity (Wildman–Crippen MR) is 94.1 cm³/mol. The van der Waals surface area contributed by atoms with Gasteiger partial charge in [0.25, 0.3) is 0 Å². The summed E-state index contributed by atoms with van der Waals surface area (Å²) in [5, 5.41) is 4.48. The van der Waals surface area contributed by atoms with E-state index in [4.69, 9.17) is 4.74 Å². The Hall–Kier alpha value is -3.03. The molecule has 0 saturated carbocycles. The Morgan fingerprint density at radius 1 is 0.963 bits per heavy atom. The maximum absolute atomic E-state index is 12.2. The first-order valence-electron chi connectivity index (χ1n) is 8.26. The molecule has 0 spiro atoms. The lowest BCUT2D eigenvalue weighted by atomic mass is 10.2. The number of nitrogens with one attached hydrogen (secondary N) is 2. The average Bonchev–Trinajstić information content (AvgIpc) is 2.65. The van der Waals surface area contributed by atoms with Crippen LogP contribution in [0.5, 0.6) is 5.75 Å². The van der Waals surface area contributed by atoms with Crippen LogP contribution in [0.4, 0.5) is 18.9 Å². The number of hydrogen-bond donors (Lipinski definition) is 2. The highest BCUT2D eigenvalue weighted by atomic mass is 19.4. The van der Waals surface area contributed by atoms with Gasteiger partial charge < -0.3 is 15.4 Å². The molecule has 8 heteroatoms. The minimum Gasteiger partial charge on any atom is -0.494 e. The van der Waals surface area contributed by atoms with Crippen molar-refractivity contribution in [3.8, 4) is 5.75 Å². The van der Waals surface area contributed by atoms with Crippen LogP contribution >= 0.6 is 0 Å². The van der Waals surface area contributed by atoms with Gasteiger partial charge in [0.15, 0.2) is 0 Å². The lowest BCUT2D eigenvalue weighted by Gasteiger charge is -2.09. The Kier molecular flexibility index (Phi) is 7.22. The van der Waals surface area contributed by atoms with E-state index in [1.165, 1.54) is 24.3 Å². The Morgan fingerprint density at radius 2 is 1.63 bits per heavy atom. The average molecular weight is 380 g/mol. The van der Waals surface area contributed by atoms with Gasteiger partial charge in [0.05, 0.1) is 6.61 Å². The summed E-state index contributed by atoms with van der Waals surface area (Å²) in [7, 11) is 0. The molecular weight excluding hydrogens is 361 g/mol. The molecule has 27 heavy (non-hydrogen) atoms. The summed E-state index contributed by atoms with van der Waals surface area (Å²) >= 11 is 0. The van der Waals surface area contributed by atoms with Crippen molar-refractivity contribution < 1.29 is 27.5 Å². The van der Waals surface area contributed by atoms with Gasteiger partial charge in [0.2, 0.25) is 5.91 Å². The molecule has 0 aliphatic heterocycles. The zero-order chi connectivity index (χ0) is 19.7. The Labute approximate surface area is 154 Å². The largest absolute Gasteiger partial charge is 0.494 e. The number of amides is 2. The smallest absolute Gasteiger partial charge is 0.471 e. The Bertz CT molecular complexity index is 747. The van der Waals surface area contributed by atoms with Crippen LogP contribution in [0.1, 0.15) is 18.4 Å². The first-order valence-corrected chi connectivity index (χ1v) is 8.26. The molecule has 0 aliphatic rings. The molecule has 0 unspecified atom stereocenters. The molecule has 2 aromatic rings. The van der Waals surface area contributed by atoms with Crippen molar-refractivity contribution in [3.05, 3.63) is 60.2 Å². The third-order valence-corrected chi connectivity index (χ3v) is 3.52. The molecule has 0 aromatic heterocycles. The molecule has 0 heterocycles. The third-order valence-electron chi connectivity index (χ3n) is 3.52. The summed E-state index contributed by atoms with van der Waals surface area (Å²) in [6.45, 7) is 0.664. The van der Waals surface area contributed by atoms with Gasteiger partial charge in [0, 0.05) is 18.7 Å². The maximum Gasteiger partial charge on any atom is 0.471 e. The van der Waals surface area contributed by atoms with Crippen molar-refractivity contribution in [2.24, 2.45) is 0 Å². The van der Waals surface area contributed by atoms with Crippen LogP contribution < -0.4 is 15.4 Å². The van der Waals surface area contributed by atoms with E-state index >= 15 is 0 Å². The first kappa shape index (κ1) is 20.3.